The number of carbonyl (C=O) groups excluding carboxylic acids is 2. The van der Waals surface area contributed by atoms with Gasteiger partial charge in [-0.25, -0.2) is 4.79 Å². The van der Waals surface area contributed by atoms with Crippen LogP contribution < -0.4 is 0 Å². The van der Waals surface area contributed by atoms with Gasteiger partial charge in [0, 0.05) is 20.2 Å². The van der Waals surface area contributed by atoms with Crippen LogP contribution in [0.15, 0.2) is 0 Å². The van der Waals surface area contributed by atoms with Gasteiger partial charge in [0.15, 0.2) is 0 Å². The summed E-state index contributed by atoms with van der Waals surface area (Å²) in [4.78, 5) is 24.1. The maximum atomic E-state index is 11.5. The zero-order chi connectivity index (χ0) is 12.0. The van der Waals surface area contributed by atoms with Crippen molar-refractivity contribution in [3.8, 4) is 0 Å². The van der Waals surface area contributed by atoms with Gasteiger partial charge in [-0.2, -0.15) is 0 Å². The van der Waals surface area contributed by atoms with Crippen molar-refractivity contribution in [2.45, 2.75) is 19.8 Å². The highest BCUT2D eigenvalue weighted by atomic mass is 16.5. The van der Waals surface area contributed by atoms with Gasteiger partial charge in [-0.3, -0.25) is 4.79 Å². The smallest absolute Gasteiger partial charge is 0.396 e. The third kappa shape index (κ3) is 3.81. The highest BCUT2D eigenvalue weighted by molar-refractivity contribution is 6.32. The Balaban J connectivity index is 2.35. The fourth-order valence-electron chi connectivity index (χ4n) is 1.77. The summed E-state index contributed by atoms with van der Waals surface area (Å²) in [6.45, 7) is 3.93. The lowest BCUT2D eigenvalue weighted by molar-refractivity contribution is -0.159. The molecule has 1 aliphatic rings. The van der Waals surface area contributed by atoms with Crippen LogP contribution in [0.3, 0.4) is 0 Å². The molecule has 0 aliphatic carbocycles. The molecule has 0 N–H and O–H groups in total. The van der Waals surface area contributed by atoms with Crippen LogP contribution in [-0.2, 0) is 19.1 Å². The molecule has 92 valence electrons. The number of esters is 1. The molecule has 16 heavy (non-hydrogen) atoms. The fraction of sp³-hybridized carbons (Fsp3) is 0.818. The van der Waals surface area contributed by atoms with E-state index in [1.165, 1.54) is 4.90 Å². The molecular weight excluding hydrogens is 210 g/mol. The maximum Gasteiger partial charge on any atom is 0.396 e. The lowest BCUT2D eigenvalue weighted by atomic mass is 10.0. The van der Waals surface area contributed by atoms with Crippen LogP contribution in [0.25, 0.3) is 0 Å². The first-order valence-electron chi connectivity index (χ1n) is 5.65. The van der Waals surface area contributed by atoms with E-state index in [2.05, 4.69) is 4.74 Å². The standard InChI is InChI=1S/C11H19NO4/c1-3-16-11(14)10(13)12(2)7-9-5-4-6-15-8-9/h9H,3-8H2,1-2H3. The van der Waals surface area contributed by atoms with Crippen LogP contribution >= 0.6 is 0 Å². The largest absolute Gasteiger partial charge is 0.459 e. The Morgan fingerprint density at radius 2 is 2.25 bits per heavy atom. The van der Waals surface area contributed by atoms with E-state index >= 15 is 0 Å². The van der Waals surface area contributed by atoms with Crippen molar-refractivity contribution < 1.29 is 19.1 Å². The first-order chi connectivity index (χ1) is 7.65. The first kappa shape index (κ1) is 13.0. The zero-order valence-electron chi connectivity index (χ0n) is 9.90. The molecule has 1 aliphatic heterocycles. The van der Waals surface area contributed by atoms with E-state index in [0.717, 1.165) is 19.4 Å². The first-order valence-corrected chi connectivity index (χ1v) is 5.65. The molecule has 0 aromatic carbocycles. The van der Waals surface area contributed by atoms with Gasteiger partial charge in [0.25, 0.3) is 0 Å². The third-order valence-electron chi connectivity index (χ3n) is 2.58. The molecule has 0 bridgehead atoms. The molecule has 1 unspecified atom stereocenters. The molecule has 0 radical (unpaired) electrons. The summed E-state index contributed by atoms with van der Waals surface area (Å²) < 4.78 is 9.97. The van der Waals surface area contributed by atoms with E-state index in [1.807, 2.05) is 0 Å². The van der Waals surface area contributed by atoms with E-state index in [0.29, 0.717) is 19.1 Å². The second-order valence-electron chi connectivity index (χ2n) is 3.99. The van der Waals surface area contributed by atoms with Gasteiger partial charge in [0.05, 0.1) is 13.2 Å². The second kappa shape index (κ2) is 6.48. The molecule has 0 spiro atoms. The third-order valence-corrected chi connectivity index (χ3v) is 2.58. The van der Waals surface area contributed by atoms with Crippen LogP contribution in [0.5, 0.6) is 0 Å². The number of hydrogen-bond acceptors (Lipinski definition) is 4. The number of amides is 1. The number of nitrogens with zero attached hydrogens (tertiary/aromatic N) is 1. The van der Waals surface area contributed by atoms with Crippen molar-refractivity contribution in [3.05, 3.63) is 0 Å². The lowest BCUT2D eigenvalue weighted by Crippen LogP contribution is -2.39. The maximum absolute atomic E-state index is 11.5. The van der Waals surface area contributed by atoms with Gasteiger partial charge < -0.3 is 14.4 Å². The summed E-state index contributed by atoms with van der Waals surface area (Å²) in [5.74, 6) is -1.02. The highest BCUT2D eigenvalue weighted by Crippen LogP contribution is 2.14. The lowest BCUT2D eigenvalue weighted by Gasteiger charge is -2.26. The summed E-state index contributed by atoms with van der Waals surface area (Å²) >= 11 is 0. The topological polar surface area (TPSA) is 55.8 Å². The summed E-state index contributed by atoms with van der Waals surface area (Å²) in [5, 5.41) is 0. The summed E-state index contributed by atoms with van der Waals surface area (Å²) in [6.07, 6.45) is 2.06. The van der Waals surface area contributed by atoms with Crippen molar-refractivity contribution >= 4 is 11.9 Å². The minimum atomic E-state index is -0.776. The zero-order valence-corrected chi connectivity index (χ0v) is 9.90. The SMILES string of the molecule is CCOC(=O)C(=O)N(C)CC1CCCOC1. The van der Waals surface area contributed by atoms with Crippen molar-refractivity contribution in [3.63, 3.8) is 0 Å². The van der Waals surface area contributed by atoms with Crippen molar-refractivity contribution in [1.82, 2.24) is 4.90 Å². The summed E-state index contributed by atoms with van der Waals surface area (Å²) in [6, 6.07) is 0. The molecule has 0 aromatic rings. The Kier molecular flexibility index (Phi) is 5.25. The van der Waals surface area contributed by atoms with Crippen LogP contribution in [0.4, 0.5) is 0 Å². The Morgan fingerprint density at radius 1 is 1.50 bits per heavy atom. The van der Waals surface area contributed by atoms with Gasteiger partial charge in [0.2, 0.25) is 0 Å². The molecule has 1 fully saturated rings. The second-order valence-corrected chi connectivity index (χ2v) is 3.99. The quantitative estimate of drug-likeness (QED) is 0.520. The molecule has 1 saturated heterocycles. The van der Waals surface area contributed by atoms with E-state index in [-0.39, 0.29) is 6.61 Å². The van der Waals surface area contributed by atoms with Gasteiger partial charge in [-0.15, -0.1) is 0 Å². The van der Waals surface area contributed by atoms with Crippen molar-refractivity contribution in [2.75, 3.05) is 33.4 Å². The predicted octanol–water partition coefficient (Wildman–Crippen LogP) is 0.434. The van der Waals surface area contributed by atoms with Crippen LogP contribution in [0.1, 0.15) is 19.8 Å². The Labute approximate surface area is 95.7 Å². The normalized spacial score (nSPS) is 20.2. The average Bonchev–Trinajstić information content (AvgIpc) is 2.29. The number of carbonyl (C=O) groups is 2. The van der Waals surface area contributed by atoms with Crippen LogP contribution in [0.2, 0.25) is 0 Å². The van der Waals surface area contributed by atoms with E-state index in [1.54, 1.807) is 14.0 Å². The highest BCUT2D eigenvalue weighted by Gasteiger charge is 2.23. The van der Waals surface area contributed by atoms with Crippen molar-refractivity contribution in [2.24, 2.45) is 5.92 Å². The van der Waals surface area contributed by atoms with E-state index in [4.69, 9.17) is 4.74 Å². The van der Waals surface area contributed by atoms with Crippen molar-refractivity contribution in [1.29, 1.82) is 0 Å². The van der Waals surface area contributed by atoms with E-state index < -0.39 is 11.9 Å². The predicted molar refractivity (Wildman–Crippen MR) is 57.8 cm³/mol. The number of ether oxygens (including phenoxy) is 2. The van der Waals surface area contributed by atoms with Gasteiger partial charge in [-0.1, -0.05) is 0 Å². The Bertz CT molecular complexity index is 248. The van der Waals surface area contributed by atoms with Gasteiger partial charge in [0.1, 0.15) is 0 Å². The molecule has 1 amide bonds. The minimum Gasteiger partial charge on any atom is -0.459 e. The fourth-order valence-corrected chi connectivity index (χ4v) is 1.77. The van der Waals surface area contributed by atoms with E-state index in [9.17, 15) is 9.59 Å². The molecule has 5 heteroatoms. The minimum absolute atomic E-state index is 0.227. The molecular formula is C11H19NO4. The van der Waals surface area contributed by atoms with Crippen LogP contribution in [-0.4, -0.2) is 50.2 Å². The van der Waals surface area contributed by atoms with Gasteiger partial charge >= 0.3 is 11.9 Å². The number of rotatable bonds is 3. The molecule has 1 heterocycles. The average molecular weight is 229 g/mol. The van der Waals surface area contributed by atoms with Gasteiger partial charge in [-0.05, 0) is 25.7 Å². The van der Waals surface area contributed by atoms with Crippen LogP contribution in [0, 0.1) is 5.92 Å². The number of likely N-dealkylation sites (N-methyl/N-ethyl adjacent to an activating group) is 1. The number of hydrogen-bond donors (Lipinski definition) is 0. The molecule has 0 saturated carbocycles. The molecule has 1 rings (SSSR count). The molecule has 5 nitrogen and oxygen atoms in total. The summed E-state index contributed by atoms with van der Waals surface area (Å²) in [5.41, 5.74) is 0. The molecule has 0 aromatic heterocycles. The molecule has 1 atom stereocenters. The Morgan fingerprint density at radius 3 is 2.81 bits per heavy atom. The Hall–Kier alpha value is -1.10. The summed E-state index contributed by atoms with van der Waals surface area (Å²) in [7, 11) is 1.62. The monoisotopic (exact) mass is 229 g/mol.